The van der Waals surface area contributed by atoms with Crippen molar-refractivity contribution in [2.75, 3.05) is 43.6 Å². The van der Waals surface area contributed by atoms with E-state index in [1.807, 2.05) is 24.3 Å². The summed E-state index contributed by atoms with van der Waals surface area (Å²) in [5.74, 6) is -2.62. The number of amides is 2. The van der Waals surface area contributed by atoms with E-state index in [1.165, 1.54) is 18.7 Å². The Labute approximate surface area is 210 Å². The number of benzene rings is 1. The first-order chi connectivity index (χ1) is 17.3. The highest BCUT2D eigenvalue weighted by Gasteiger charge is 2.54. The number of fused-ring (bicyclic) bond motifs is 2. The van der Waals surface area contributed by atoms with Gasteiger partial charge < -0.3 is 24.8 Å². The number of pyridine rings is 1. The summed E-state index contributed by atoms with van der Waals surface area (Å²) in [6, 6.07) is 8.37. The van der Waals surface area contributed by atoms with Crippen molar-refractivity contribution in [2.24, 2.45) is 0 Å². The molecule has 0 bridgehead atoms. The number of para-hydroxylation sites is 1. The minimum absolute atomic E-state index is 0.173. The maximum Gasteiger partial charge on any atom is 0.352 e. The SMILES string of the molecule is CC(=O)OCC1=C(C(=O)O)N2C(=O)[C@@H](NC(=O)c3cc(N4CCOCC4)c4ccccc4n3)[C@H]2SC1. The quantitative estimate of drug-likeness (QED) is 0.426. The molecule has 2 fully saturated rings. The van der Waals surface area contributed by atoms with Crippen molar-refractivity contribution in [3.63, 3.8) is 0 Å². The summed E-state index contributed by atoms with van der Waals surface area (Å²) in [4.78, 5) is 57.0. The van der Waals surface area contributed by atoms with E-state index in [2.05, 4.69) is 15.2 Å². The molecular weight excluding hydrogens is 488 g/mol. The number of ether oxygens (including phenoxy) is 2. The normalized spacial score (nSPS) is 21.6. The highest BCUT2D eigenvalue weighted by Crippen LogP contribution is 2.40. The number of carbonyl (C=O) groups is 4. The highest BCUT2D eigenvalue weighted by molar-refractivity contribution is 8.00. The topological polar surface area (TPSA) is 138 Å². The number of nitrogens with one attached hydrogen (secondary N) is 1. The monoisotopic (exact) mass is 512 g/mol. The standard InChI is InChI=1S/C24H24N4O7S/c1-13(29)35-11-14-12-36-23-19(22(31)28(23)20(14)24(32)33)26-21(30)17-10-18(27-6-8-34-9-7-27)15-4-2-3-5-16(15)25-17/h2-5,10,19,23H,6-9,11-12H2,1H3,(H,26,30)(H,32,33)/t19-,23-/m1/s1. The molecule has 4 heterocycles. The molecule has 188 valence electrons. The molecule has 0 aliphatic carbocycles. The second kappa shape index (κ2) is 9.78. The van der Waals surface area contributed by atoms with E-state index >= 15 is 0 Å². The third kappa shape index (κ3) is 4.37. The molecule has 0 radical (unpaired) electrons. The Bertz CT molecular complexity index is 1290. The zero-order valence-corrected chi connectivity index (χ0v) is 20.2. The van der Waals surface area contributed by atoms with Gasteiger partial charge in [0.2, 0.25) is 0 Å². The first kappa shape index (κ1) is 24.1. The van der Waals surface area contributed by atoms with E-state index in [1.54, 1.807) is 6.07 Å². The zero-order chi connectivity index (χ0) is 25.4. The molecule has 1 aromatic heterocycles. The predicted molar refractivity (Wildman–Crippen MR) is 130 cm³/mol. The minimum atomic E-state index is -1.29. The van der Waals surface area contributed by atoms with E-state index in [-0.39, 0.29) is 23.8 Å². The van der Waals surface area contributed by atoms with Crippen molar-refractivity contribution < 1.29 is 33.8 Å². The fourth-order valence-corrected chi connectivity index (χ4v) is 5.86. The van der Waals surface area contributed by atoms with Crippen LogP contribution in [0.3, 0.4) is 0 Å². The minimum Gasteiger partial charge on any atom is -0.477 e. The van der Waals surface area contributed by atoms with Gasteiger partial charge in [-0.1, -0.05) is 18.2 Å². The molecule has 2 aromatic rings. The van der Waals surface area contributed by atoms with E-state index in [0.29, 0.717) is 37.4 Å². The van der Waals surface area contributed by atoms with Gasteiger partial charge in [0.15, 0.2) is 0 Å². The zero-order valence-electron chi connectivity index (χ0n) is 19.4. The lowest BCUT2D eigenvalue weighted by atomic mass is 10.0. The average molecular weight is 513 g/mol. The number of aliphatic carboxylic acids is 1. The number of carboxylic acid groups (broad SMARTS) is 1. The van der Waals surface area contributed by atoms with Crippen molar-refractivity contribution in [3.8, 4) is 0 Å². The number of hydrogen-bond acceptors (Lipinski definition) is 9. The first-order valence-corrected chi connectivity index (χ1v) is 12.5. The van der Waals surface area contributed by atoms with Crippen LogP contribution in [0.2, 0.25) is 0 Å². The molecule has 12 heteroatoms. The molecule has 3 aliphatic rings. The van der Waals surface area contributed by atoms with Gasteiger partial charge in [-0.3, -0.25) is 19.3 Å². The number of morpholine rings is 1. The molecule has 5 rings (SSSR count). The lowest BCUT2D eigenvalue weighted by Crippen LogP contribution is -2.70. The van der Waals surface area contributed by atoms with Gasteiger partial charge in [0.05, 0.1) is 18.7 Å². The van der Waals surface area contributed by atoms with Crippen LogP contribution in [0.25, 0.3) is 10.9 Å². The Hall–Kier alpha value is -3.64. The van der Waals surface area contributed by atoms with Crippen LogP contribution in [-0.2, 0) is 23.9 Å². The number of carbonyl (C=O) groups excluding carboxylic acids is 3. The van der Waals surface area contributed by atoms with Crippen LogP contribution >= 0.6 is 11.8 Å². The number of esters is 1. The molecule has 3 aliphatic heterocycles. The molecule has 36 heavy (non-hydrogen) atoms. The summed E-state index contributed by atoms with van der Waals surface area (Å²) in [5.41, 5.74) is 1.84. The first-order valence-electron chi connectivity index (χ1n) is 11.4. The lowest BCUT2D eigenvalue weighted by molar-refractivity contribution is -0.149. The highest BCUT2D eigenvalue weighted by atomic mass is 32.2. The Morgan fingerprint density at radius 1 is 1.25 bits per heavy atom. The Kier molecular flexibility index (Phi) is 6.54. The number of anilines is 1. The van der Waals surface area contributed by atoms with E-state index in [4.69, 9.17) is 9.47 Å². The molecule has 2 atom stereocenters. The summed E-state index contributed by atoms with van der Waals surface area (Å²) in [7, 11) is 0. The molecule has 0 unspecified atom stereocenters. The summed E-state index contributed by atoms with van der Waals surface area (Å²) in [6.07, 6.45) is 0. The van der Waals surface area contributed by atoms with E-state index in [0.717, 1.165) is 16.0 Å². The maximum atomic E-state index is 13.2. The number of nitrogens with zero attached hydrogens (tertiary/aromatic N) is 3. The average Bonchev–Trinajstić information content (AvgIpc) is 2.89. The van der Waals surface area contributed by atoms with Crippen LogP contribution in [0.1, 0.15) is 17.4 Å². The third-order valence-corrected chi connectivity index (χ3v) is 7.60. The Balaban J connectivity index is 1.38. The number of carboxylic acids is 1. The maximum absolute atomic E-state index is 13.2. The molecule has 0 spiro atoms. The van der Waals surface area contributed by atoms with Crippen molar-refractivity contribution in [1.29, 1.82) is 0 Å². The third-order valence-electron chi connectivity index (χ3n) is 6.26. The fraction of sp³-hybridized carbons (Fsp3) is 0.375. The molecule has 2 amide bonds. The van der Waals surface area contributed by atoms with Crippen molar-refractivity contribution in [3.05, 3.63) is 47.3 Å². The number of aromatic nitrogens is 1. The lowest BCUT2D eigenvalue weighted by Gasteiger charge is -2.49. The van der Waals surface area contributed by atoms with Crippen LogP contribution < -0.4 is 10.2 Å². The van der Waals surface area contributed by atoms with Gasteiger partial charge >= 0.3 is 11.9 Å². The Morgan fingerprint density at radius 3 is 2.72 bits per heavy atom. The van der Waals surface area contributed by atoms with Gasteiger partial charge in [-0.15, -0.1) is 11.8 Å². The van der Waals surface area contributed by atoms with Gasteiger partial charge in [0.1, 0.15) is 29.4 Å². The fourth-order valence-electron chi connectivity index (χ4n) is 4.54. The summed E-state index contributed by atoms with van der Waals surface area (Å²) >= 11 is 1.31. The van der Waals surface area contributed by atoms with Gasteiger partial charge in [-0.25, -0.2) is 9.78 Å². The van der Waals surface area contributed by atoms with Gasteiger partial charge in [-0.05, 0) is 12.1 Å². The second-order valence-electron chi connectivity index (χ2n) is 8.54. The summed E-state index contributed by atoms with van der Waals surface area (Å²) in [6.45, 7) is 3.56. The molecule has 2 N–H and O–H groups in total. The number of β-lactam (4-membered cyclic amide) rings is 1. The van der Waals surface area contributed by atoms with Crippen molar-refractivity contribution >= 4 is 52.1 Å². The molecule has 11 nitrogen and oxygen atoms in total. The van der Waals surface area contributed by atoms with E-state index in [9.17, 15) is 24.3 Å². The summed E-state index contributed by atoms with van der Waals surface area (Å²) < 4.78 is 10.4. The van der Waals surface area contributed by atoms with Crippen LogP contribution in [0.15, 0.2) is 41.6 Å². The largest absolute Gasteiger partial charge is 0.477 e. The van der Waals surface area contributed by atoms with Crippen LogP contribution in [0.5, 0.6) is 0 Å². The molecule has 1 aromatic carbocycles. The van der Waals surface area contributed by atoms with Gasteiger partial charge in [0.25, 0.3) is 11.8 Å². The van der Waals surface area contributed by atoms with E-state index < -0.39 is 35.2 Å². The van der Waals surface area contributed by atoms with Gasteiger partial charge in [0, 0.05) is 42.4 Å². The predicted octanol–water partition coefficient (Wildman–Crippen LogP) is 0.987. The van der Waals surface area contributed by atoms with Crippen molar-refractivity contribution in [2.45, 2.75) is 18.3 Å². The molecule has 0 saturated carbocycles. The number of rotatable bonds is 6. The summed E-state index contributed by atoms with van der Waals surface area (Å²) in [5, 5.41) is 12.8. The second-order valence-corrected chi connectivity index (χ2v) is 9.65. The van der Waals surface area contributed by atoms with Gasteiger partial charge in [-0.2, -0.15) is 0 Å². The van der Waals surface area contributed by atoms with Crippen LogP contribution in [0, 0.1) is 0 Å². The number of hydrogen-bond donors (Lipinski definition) is 2. The molecule has 2 saturated heterocycles. The smallest absolute Gasteiger partial charge is 0.352 e. The van der Waals surface area contributed by atoms with Crippen LogP contribution in [0.4, 0.5) is 5.69 Å². The Morgan fingerprint density at radius 2 is 2.00 bits per heavy atom. The number of thioether (sulfide) groups is 1. The molecular formula is C24H24N4O7S. The van der Waals surface area contributed by atoms with Crippen LogP contribution in [-0.4, -0.2) is 88.8 Å². The van der Waals surface area contributed by atoms with Crippen molar-refractivity contribution in [1.82, 2.24) is 15.2 Å².